The molecule has 0 amide bonds. The Labute approximate surface area is 114 Å². The van der Waals surface area contributed by atoms with Crippen LogP contribution in [0.5, 0.6) is 0 Å². The predicted molar refractivity (Wildman–Crippen MR) is 75.2 cm³/mol. The Hall–Kier alpha value is -1.39. The maximum absolute atomic E-state index is 10.9. The van der Waals surface area contributed by atoms with Gasteiger partial charge in [0.15, 0.2) is 0 Å². The van der Waals surface area contributed by atoms with Gasteiger partial charge in [-0.25, -0.2) is 0 Å². The van der Waals surface area contributed by atoms with Crippen LogP contribution < -0.4 is 0 Å². The zero-order chi connectivity index (χ0) is 13.8. The van der Waals surface area contributed by atoms with Crippen LogP contribution in [-0.4, -0.2) is 53.6 Å². The first-order valence-corrected chi connectivity index (χ1v) is 6.77. The van der Waals surface area contributed by atoms with E-state index in [0.717, 1.165) is 37.3 Å². The summed E-state index contributed by atoms with van der Waals surface area (Å²) < 4.78 is 0. The first-order valence-electron chi connectivity index (χ1n) is 6.77. The third kappa shape index (κ3) is 3.78. The van der Waals surface area contributed by atoms with E-state index in [9.17, 15) is 4.79 Å². The summed E-state index contributed by atoms with van der Waals surface area (Å²) in [5.41, 5.74) is 2.07. The molecule has 1 unspecified atom stereocenters. The van der Waals surface area contributed by atoms with E-state index in [1.165, 1.54) is 0 Å². The third-order valence-corrected chi connectivity index (χ3v) is 3.90. The Bertz CT molecular complexity index is 448. The molecule has 1 aromatic carbocycles. The molecule has 0 spiro atoms. The van der Waals surface area contributed by atoms with Crippen LogP contribution in [0.1, 0.15) is 18.1 Å². The molecule has 1 atom stereocenters. The van der Waals surface area contributed by atoms with Crippen molar-refractivity contribution in [2.75, 3.05) is 26.7 Å². The first kappa shape index (κ1) is 14.0. The summed E-state index contributed by atoms with van der Waals surface area (Å²) in [6.07, 6.45) is 0.111. The Morgan fingerprint density at radius 1 is 1.32 bits per heavy atom. The van der Waals surface area contributed by atoms with E-state index in [1.807, 2.05) is 24.3 Å². The van der Waals surface area contributed by atoms with Crippen LogP contribution in [0, 0.1) is 0 Å². The molecule has 0 radical (unpaired) electrons. The van der Waals surface area contributed by atoms with Gasteiger partial charge in [-0.1, -0.05) is 24.3 Å². The summed E-state index contributed by atoms with van der Waals surface area (Å²) in [5, 5.41) is 8.95. The highest BCUT2D eigenvalue weighted by Crippen LogP contribution is 2.15. The van der Waals surface area contributed by atoms with Gasteiger partial charge in [-0.2, -0.15) is 0 Å². The van der Waals surface area contributed by atoms with Crippen molar-refractivity contribution in [3.05, 3.63) is 35.4 Å². The highest BCUT2D eigenvalue weighted by atomic mass is 16.4. The molecule has 19 heavy (non-hydrogen) atoms. The van der Waals surface area contributed by atoms with Gasteiger partial charge in [0, 0.05) is 32.2 Å². The van der Waals surface area contributed by atoms with E-state index in [4.69, 9.17) is 5.11 Å². The molecule has 0 aromatic heterocycles. The Balaban J connectivity index is 2.04. The highest BCUT2D eigenvalue weighted by Gasteiger charge is 2.21. The molecule has 1 saturated heterocycles. The Morgan fingerprint density at radius 3 is 2.63 bits per heavy atom. The molecule has 0 aliphatic carbocycles. The number of nitrogens with zero attached hydrogens (tertiary/aromatic N) is 2. The van der Waals surface area contributed by atoms with Crippen molar-refractivity contribution in [3.8, 4) is 0 Å². The van der Waals surface area contributed by atoms with Crippen LogP contribution in [0.3, 0.4) is 0 Å². The summed E-state index contributed by atoms with van der Waals surface area (Å²) in [7, 11) is 2.15. The molecule has 104 valence electrons. The number of benzene rings is 1. The largest absolute Gasteiger partial charge is 0.481 e. The third-order valence-electron chi connectivity index (χ3n) is 3.90. The van der Waals surface area contributed by atoms with Crippen LogP contribution in [-0.2, 0) is 17.8 Å². The molecule has 1 aliphatic rings. The van der Waals surface area contributed by atoms with Gasteiger partial charge < -0.3 is 10.0 Å². The smallest absolute Gasteiger partial charge is 0.307 e. The van der Waals surface area contributed by atoms with Gasteiger partial charge in [0.2, 0.25) is 0 Å². The maximum atomic E-state index is 10.9. The minimum atomic E-state index is -0.765. The number of piperazine rings is 1. The number of aliphatic carboxylic acids is 1. The fourth-order valence-electron chi connectivity index (χ4n) is 2.56. The van der Waals surface area contributed by atoms with Crippen LogP contribution in [0.25, 0.3) is 0 Å². The van der Waals surface area contributed by atoms with Gasteiger partial charge in [0.25, 0.3) is 0 Å². The van der Waals surface area contributed by atoms with Crippen molar-refractivity contribution in [1.82, 2.24) is 9.80 Å². The Kier molecular flexibility index (Phi) is 4.56. The quantitative estimate of drug-likeness (QED) is 0.892. The van der Waals surface area contributed by atoms with E-state index in [-0.39, 0.29) is 6.42 Å². The van der Waals surface area contributed by atoms with E-state index < -0.39 is 5.97 Å². The van der Waals surface area contributed by atoms with Crippen molar-refractivity contribution in [3.63, 3.8) is 0 Å². The second-order valence-electron chi connectivity index (χ2n) is 5.40. The molecular weight excluding hydrogens is 240 g/mol. The molecule has 4 heteroatoms. The van der Waals surface area contributed by atoms with E-state index >= 15 is 0 Å². The number of hydrogen-bond donors (Lipinski definition) is 1. The average Bonchev–Trinajstić information content (AvgIpc) is 2.36. The van der Waals surface area contributed by atoms with Gasteiger partial charge in [0.05, 0.1) is 6.42 Å². The predicted octanol–water partition coefficient (Wildman–Crippen LogP) is 1.45. The van der Waals surface area contributed by atoms with Crippen molar-refractivity contribution in [1.29, 1.82) is 0 Å². The second-order valence-corrected chi connectivity index (χ2v) is 5.40. The van der Waals surface area contributed by atoms with Crippen LogP contribution >= 0.6 is 0 Å². The van der Waals surface area contributed by atoms with Crippen molar-refractivity contribution < 1.29 is 9.90 Å². The Morgan fingerprint density at radius 2 is 2.00 bits per heavy atom. The molecule has 0 saturated carbocycles. The number of carbonyl (C=O) groups is 1. The van der Waals surface area contributed by atoms with E-state index in [1.54, 1.807) is 0 Å². The van der Waals surface area contributed by atoms with Gasteiger partial charge in [-0.15, -0.1) is 0 Å². The van der Waals surface area contributed by atoms with Gasteiger partial charge in [-0.3, -0.25) is 9.69 Å². The topological polar surface area (TPSA) is 43.8 Å². The summed E-state index contributed by atoms with van der Waals surface area (Å²) >= 11 is 0. The first-order chi connectivity index (χ1) is 9.06. The normalized spacial score (nSPS) is 21.5. The number of likely N-dealkylation sites (N-methyl/N-ethyl adjacent to an activating group) is 1. The van der Waals surface area contributed by atoms with Crippen molar-refractivity contribution in [2.45, 2.75) is 25.9 Å². The van der Waals surface area contributed by atoms with E-state index in [0.29, 0.717) is 6.04 Å². The molecule has 1 N–H and O–H groups in total. The molecule has 1 aliphatic heterocycles. The lowest BCUT2D eigenvalue weighted by molar-refractivity contribution is -0.136. The minimum absolute atomic E-state index is 0.111. The monoisotopic (exact) mass is 262 g/mol. The summed E-state index contributed by atoms with van der Waals surface area (Å²) in [6.45, 7) is 6.24. The molecule has 1 fully saturated rings. The fourth-order valence-corrected chi connectivity index (χ4v) is 2.56. The molecule has 4 nitrogen and oxygen atoms in total. The standard InChI is InChI=1S/C15H22N2O2/c1-12-10-17(8-7-16(12)2)11-14-6-4-3-5-13(14)9-15(18)19/h3-6,12H,7-11H2,1-2H3,(H,18,19). The lowest BCUT2D eigenvalue weighted by atomic mass is 10.0. The zero-order valence-electron chi connectivity index (χ0n) is 11.7. The lowest BCUT2D eigenvalue weighted by Gasteiger charge is -2.37. The molecule has 1 heterocycles. The summed E-state index contributed by atoms with van der Waals surface area (Å²) in [6, 6.07) is 8.42. The fraction of sp³-hybridized carbons (Fsp3) is 0.533. The van der Waals surface area contributed by atoms with Gasteiger partial charge >= 0.3 is 5.97 Å². The van der Waals surface area contributed by atoms with Gasteiger partial charge in [-0.05, 0) is 25.1 Å². The second kappa shape index (κ2) is 6.17. The average molecular weight is 262 g/mol. The number of hydrogen-bond acceptors (Lipinski definition) is 3. The minimum Gasteiger partial charge on any atom is -0.481 e. The molecule has 2 rings (SSSR count). The highest BCUT2D eigenvalue weighted by molar-refractivity contribution is 5.70. The summed E-state index contributed by atoms with van der Waals surface area (Å²) in [5.74, 6) is -0.765. The maximum Gasteiger partial charge on any atom is 0.307 e. The van der Waals surface area contributed by atoms with Crippen LogP contribution in [0.15, 0.2) is 24.3 Å². The van der Waals surface area contributed by atoms with E-state index in [2.05, 4.69) is 23.8 Å². The molecule has 0 bridgehead atoms. The molecule has 1 aromatic rings. The lowest BCUT2D eigenvalue weighted by Crippen LogP contribution is -2.49. The number of rotatable bonds is 4. The SMILES string of the molecule is CC1CN(Cc2ccccc2CC(=O)O)CCN1C. The zero-order valence-corrected chi connectivity index (χ0v) is 11.7. The van der Waals surface area contributed by atoms with Crippen LogP contribution in [0.4, 0.5) is 0 Å². The van der Waals surface area contributed by atoms with Crippen LogP contribution in [0.2, 0.25) is 0 Å². The van der Waals surface area contributed by atoms with Gasteiger partial charge in [0.1, 0.15) is 0 Å². The number of carboxylic acid groups (broad SMARTS) is 1. The molecular formula is C15H22N2O2. The van der Waals surface area contributed by atoms with Crippen molar-refractivity contribution >= 4 is 5.97 Å². The summed E-state index contributed by atoms with van der Waals surface area (Å²) in [4.78, 5) is 15.7. The van der Waals surface area contributed by atoms with Crippen molar-refractivity contribution in [2.24, 2.45) is 0 Å². The number of carboxylic acids is 1.